The van der Waals surface area contributed by atoms with E-state index < -0.39 is 0 Å². The Morgan fingerprint density at radius 3 is 2.74 bits per heavy atom. The number of aryl methyl sites for hydroxylation is 2. The number of thiazole rings is 1. The van der Waals surface area contributed by atoms with Crippen LogP contribution in [0.4, 0.5) is 10.8 Å². The van der Waals surface area contributed by atoms with Gasteiger partial charge in [0.25, 0.3) is 5.91 Å². The summed E-state index contributed by atoms with van der Waals surface area (Å²) in [6.07, 6.45) is 0. The maximum atomic E-state index is 12.1. The summed E-state index contributed by atoms with van der Waals surface area (Å²) in [5.41, 5.74) is 7.50. The molecule has 0 unspecified atom stereocenters. The third-order valence-electron chi connectivity index (χ3n) is 2.75. The Labute approximate surface area is 115 Å². The first-order valence-electron chi connectivity index (χ1n) is 5.70. The number of nitrogens with one attached hydrogen (secondary N) is 1. The lowest BCUT2D eigenvalue weighted by atomic mass is 10.1. The van der Waals surface area contributed by atoms with E-state index in [0.717, 1.165) is 10.6 Å². The zero-order chi connectivity index (χ0) is 14.0. The molecule has 0 saturated carbocycles. The van der Waals surface area contributed by atoms with Gasteiger partial charge < -0.3 is 10.5 Å². The average molecular weight is 277 g/mol. The Morgan fingerprint density at radius 1 is 1.42 bits per heavy atom. The van der Waals surface area contributed by atoms with Crippen LogP contribution in [0.5, 0.6) is 5.75 Å². The Kier molecular flexibility index (Phi) is 3.71. The molecule has 0 radical (unpaired) electrons. The quantitative estimate of drug-likeness (QED) is 0.845. The zero-order valence-electron chi connectivity index (χ0n) is 11.0. The van der Waals surface area contributed by atoms with Crippen LogP contribution < -0.4 is 15.8 Å². The molecule has 2 aromatic rings. The Hall–Kier alpha value is -2.08. The summed E-state index contributed by atoms with van der Waals surface area (Å²) in [4.78, 5) is 17.5. The monoisotopic (exact) mass is 277 g/mol. The van der Waals surface area contributed by atoms with Crippen molar-refractivity contribution >= 4 is 28.1 Å². The lowest BCUT2D eigenvalue weighted by Gasteiger charge is -2.07. The SMILES string of the molecule is COc1ccc(N)c(C(=O)Nc2nc(C)c(C)s2)c1. The van der Waals surface area contributed by atoms with Crippen molar-refractivity contribution in [3.63, 3.8) is 0 Å². The van der Waals surface area contributed by atoms with Gasteiger partial charge in [-0.25, -0.2) is 4.98 Å². The number of ether oxygens (including phenoxy) is 1. The predicted molar refractivity (Wildman–Crippen MR) is 76.9 cm³/mol. The molecular weight excluding hydrogens is 262 g/mol. The molecule has 0 aliphatic carbocycles. The Bertz CT molecular complexity index is 603. The van der Waals surface area contributed by atoms with Crippen LogP contribution in [0.2, 0.25) is 0 Å². The summed E-state index contributed by atoms with van der Waals surface area (Å²) in [6.45, 7) is 3.87. The predicted octanol–water partition coefficient (Wildman–Crippen LogP) is 2.60. The second kappa shape index (κ2) is 5.27. The van der Waals surface area contributed by atoms with Gasteiger partial charge in [-0.2, -0.15) is 0 Å². The van der Waals surface area contributed by atoms with E-state index in [1.807, 2.05) is 13.8 Å². The summed E-state index contributed by atoms with van der Waals surface area (Å²) in [7, 11) is 1.54. The summed E-state index contributed by atoms with van der Waals surface area (Å²) < 4.78 is 5.08. The Balaban J connectivity index is 2.24. The van der Waals surface area contributed by atoms with Gasteiger partial charge in [0, 0.05) is 10.6 Å². The molecule has 1 aromatic heterocycles. The molecule has 0 saturated heterocycles. The van der Waals surface area contributed by atoms with E-state index in [1.54, 1.807) is 25.3 Å². The minimum atomic E-state index is -0.287. The van der Waals surface area contributed by atoms with E-state index in [2.05, 4.69) is 10.3 Å². The number of methoxy groups -OCH3 is 1. The van der Waals surface area contributed by atoms with E-state index >= 15 is 0 Å². The number of carbonyl (C=O) groups is 1. The molecule has 2 rings (SSSR count). The highest BCUT2D eigenvalue weighted by Gasteiger charge is 2.13. The smallest absolute Gasteiger partial charge is 0.259 e. The topological polar surface area (TPSA) is 77.2 Å². The van der Waals surface area contributed by atoms with Crippen LogP contribution in [0.3, 0.4) is 0 Å². The summed E-state index contributed by atoms with van der Waals surface area (Å²) >= 11 is 1.44. The second-order valence-corrected chi connectivity index (χ2v) is 5.27. The number of nitrogens with zero attached hydrogens (tertiary/aromatic N) is 1. The molecule has 0 fully saturated rings. The van der Waals surface area contributed by atoms with E-state index in [1.165, 1.54) is 11.3 Å². The summed E-state index contributed by atoms with van der Waals surface area (Å²) in [5.74, 6) is 0.302. The first kappa shape index (κ1) is 13.4. The van der Waals surface area contributed by atoms with Gasteiger partial charge in [-0.05, 0) is 32.0 Å². The summed E-state index contributed by atoms with van der Waals surface area (Å²) in [5, 5.41) is 3.32. The molecule has 1 heterocycles. The van der Waals surface area contributed by atoms with E-state index in [0.29, 0.717) is 22.1 Å². The van der Waals surface area contributed by atoms with Crippen molar-refractivity contribution in [2.75, 3.05) is 18.2 Å². The van der Waals surface area contributed by atoms with Gasteiger partial charge in [-0.1, -0.05) is 0 Å². The van der Waals surface area contributed by atoms with Crippen LogP contribution in [0.1, 0.15) is 20.9 Å². The maximum Gasteiger partial charge on any atom is 0.259 e. The van der Waals surface area contributed by atoms with Crippen molar-refractivity contribution in [3.8, 4) is 5.75 Å². The van der Waals surface area contributed by atoms with E-state index in [9.17, 15) is 4.79 Å². The number of nitrogen functional groups attached to an aromatic ring is 1. The molecule has 1 aromatic carbocycles. The molecule has 1 amide bonds. The first-order chi connectivity index (χ1) is 9.01. The minimum absolute atomic E-state index is 0.287. The van der Waals surface area contributed by atoms with Gasteiger partial charge >= 0.3 is 0 Å². The van der Waals surface area contributed by atoms with Crippen molar-refractivity contribution in [1.82, 2.24) is 4.98 Å². The molecule has 0 aliphatic heterocycles. The highest BCUT2D eigenvalue weighted by atomic mass is 32.1. The van der Waals surface area contributed by atoms with E-state index in [4.69, 9.17) is 10.5 Å². The molecule has 0 atom stereocenters. The van der Waals surface area contributed by atoms with Crippen LogP contribution in [0.25, 0.3) is 0 Å². The third kappa shape index (κ3) is 2.85. The van der Waals surface area contributed by atoms with Gasteiger partial charge in [-0.15, -0.1) is 11.3 Å². The molecule has 0 spiro atoms. The number of hydrogen-bond acceptors (Lipinski definition) is 5. The van der Waals surface area contributed by atoms with E-state index in [-0.39, 0.29) is 5.91 Å². The lowest BCUT2D eigenvalue weighted by molar-refractivity contribution is 0.102. The Morgan fingerprint density at radius 2 is 2.16 bits per heavy atom. The highest BCUT2D eigenvalue weighted by Crippen LogP contribution is 2.24. The van der Waals surface area contributed by atoms with Gasteiger partial charge in [-0.3, -0.25) is 10.1 Å². The number of anilines is 2. The largest absolute Gasteiger partial charge is 0.497 e. The van der Waals surface area contributed by atoms with Crippen LogP contribution in [-0.2, 0) is 0 Å². The minimum Gasteiger partial charge on any atom is -0.497 e. The van der Waals surface area contributed by atoms with Crippen LogP contribution in [0.15, 0.2) is 18.2 Å². The molecule has 5 nitrogen and oxygen atoms in total. The van der Waals surface area contributed by atoms with Gasteiger partial charge in [0.1, 0.15) is 5.75 Å². The van der Waals surface area contributed by atoms with Gasteiger partial charge in [0.05, 0.1) is 18.4 Å². The van der Waals surface area contributed by atoms with Gasteiger partial charge in [0.2, 0.25) is 0 Å². The molecule has 3 N–H and O–H groups in total. The van der Waals surface area contributed by atoms with Crippen molar-refractivity contribution in [2.24, 2.45) is 0 Å². The first-order valence-corrected chi connectivity index (χ1v) is 6.52. The molecular formula is C13H15N3O2S. The standard InChI is InChI=1S/C13H15N3O2S/c1-7-8(2)19-13(15-7)16-12(17)10-6-9(18-3)4-5-11(10)14/h4-6H,14H2,1-3H3,(H,15,16,17). The number of nitrogens with two attached hydrogens (primary N) is 1. The lowest BCUT2D eigenvalue weighted by Crippen LogP contribution is -2.14. The highest BCUT2D eigenvalue weighted by molar-refractivity contribution is 7.15. The fraction of sp³-hybridized carbons (Fsp3) is 0.231. The molecule has 19 heavy (non-hydrogen) atoms. The zero-order valence-corrected chi connectivity index (χ0v) is 11.8. The van der Waals surface area contributed by atoms with Crippen LogP contribution in [0, 0.1) is 13.8 Å². The number of hydrogen-bond donors (Lipinski definition) is 2. The summed E-state index contributed by atoms with van der Waals surface area (Å²) in [6, 6.07) is 4.97. The average Bonchev–Trinajstić information content (AvgIpc) is 2.68. The number of amides is 1. The molecule has 6 heteroatoms. The molecule has 0 aliphatic rings. The normalized spacial score (nSPS) is 10.3. The fourth-order valence-electron chi connectivity index (χ4n) is 1.55. The van der Waals surface area contributed by atoms with Crippen molar-refractivity contribution in [2.45, 2.75) is 13.8 Å². The molecule has 0 bridgehead atoms. The third-order valence-corrected chi connectivity index (χ3v) is 3.74. The fourth-order valence-corrected chi connectivity index (χ4v) is 2.36. The number of carbonyl (C=O) groups excluding carboxylic acids is 1. The number of rotatable bonds is 3. The molecule has 100 valence electrons. The van der Waals surface area contributed by atoms with Crippen molar-refractivity contribution in [3.05, 3.63) is 34.3 Å². The van der Waals surface area contributed by atoms with Gasteiger partial charge in [0.15, 0.2) is 5.13 Å². The maximum absolute atomic E-state index is 12.1. The van der Waals surface area contributed by atoms with Crippen LogP contribution in [-0.4, -0.2) is 18.0 Å². The van der Waals surface area contributed by atoms with Crippen LogP contribution >= 0.6 is 11.3 Å². The number of benzene rings is 1. The second-order valence-electron chi connectivity index (χ2n) is 4.07. The number of aromatic nitrogens is 1. The van der Waals surface area contributed by atoms with Crippen molar-refractivity contribution in [1.29, 1.82) is 0 Å². The van der Waals surface area contributed by atoms with Crippen molar-refractivity contribution < 1.29 is 9.53 Å².